The Hall–Kier alpha value is -2.11. The molecule has 0 aromatic carbocycles. The molecule has 140 valence electrons. The van der Waals surface area contributed by atoms with Gasteiger partial charge in [-0.3, -0.25) is 4.79 Å². The fraction of sp³-hybridized carbons (Fsp3) is 0.632. The van der Waals surface area contributed by atoms with Crippen LogP contribution in [0.15, 0.2) is 18.3 Å². The van der Waals surface area contributed by atoms with Crippen molar-refractivity contribution in [2.45, 2.75) is 71.9 Å². The number of nitrogens with one attached hydrogen (secondary N) is 2. The third-order valence-corrected chi connectivity index (χ3v) is 3.60. The van der Waals surface area contributed by atoms with Gasteiger partial charge in [-0.1, -0.05) is 6.92 Å². The number of hydrogen-bond acceptors (Lipinski definition) is 5. The summed E-state index contributed by atoms with van der Waals surface area (Å²) in [5.74, 6) is 0.713. The van der Waals surface area contributed by atoms with Crippen molar-refractivity contribution >= 4 is 17.7 Å². The van der Waals surface area contributed by atoms with Gasteiger partial charge in [0.1, 0.15) is 11.4 Å². The van der Waals surface area contributed by atoms with E-state index in [0.717, 1.165) is 12.8 Å². The number of carbonyl (C=O) groups is 2. The number of aromatic nitrogens is 1. The summed E-state index contributed by atoms with van der Waals surface area (Å²) in [5.41, 5.74) is 0.127. The van der Waals surface area contributed by atoms with E-state index < -0.39 is 11.7 Å². The molecule has 0 bridgehead atoms. The van der Waals surface area contributed by atoms with Crippen LogP contribution in [0, 0.1) is 0 Å². The largest absolute Gasteiger partial charge is 0.444 e. The summed E-state index contributed by atoms with van der Waals surface area (Å²) in [5, 5.41) is 5.97. The second-order valence-corrected chi connectivity index (χ2v) is 7.16. The highest BCUT2D eigenvalue weighted by atomic mass is 16.6. The third-order valence-electron chi connectivity index (χ3n) is 3.60. The van der Waals surface area contributed by atoms with Crippen LogP contribution in [0.2, 0.25) is 0 Å². The summed E-state index contributed by atoms with van der Waals surface area (Å²) < 4.78 is 5.16. The van der Waals surface area contributed by atoms with Crippen molar-refractivity contribution in [1.82, 2.24) is 10.3 Å². The number of ketones is 1. The summed E-state index contributed by atoms with van der Waals surface area (Å²) in [6.07, 6.45) is 4.07. The predicted molar refractivity (Wildman–Crippen MR) is 100 cm³/mol. The monoisotopic (exact) mass is 349 g/mol. The topological polar surface area (TPSA) is 80.3 Å². The zero-order valence-corrected chi connectivity index (χ0v) is 16.0. The Morgan fingerprint density at radius 2 is 2.00 bits per heavy atom. The van der Waals surface area contributed by atoms with Gasteiger partial charge < -0.3 is 15.4 Å². The molecule has 1 heterocycles. The summed E-state index contributed by atoms with van der Waals surface area (Å²) in [6, 6.07) is 3.84. The Kier molecular flexibility index (Phi) is 8.38. The number of rotatable bonds is 9. The van der Waals surface area contributed by atoms with Crippen LogP contribution in [-0.2, 0) is 4.74 Å². The van der Waals surface area contributed by atoms with Crippen LogP contribution in [-0.4, -0.2) is 35.0 Å². The van der Waals surface area contributed by atoms with E-state index in [0.29, 0.717) is 30.8 Å². The number of hydrogen-bond donors (Lipinski definition) is 2. The normalized spacial score (nSPS) is 12.4. The first-order valence-corrected chi connectivity index (χ1v) is 8.94. The Labute approximate surface area is 150 Å². The van der Waals surface area contributed by atoms with E-state index >= 15 is 0 Å². The van der Waals surface area contributed by atoms with Crippen LogP contribution >= 0.6 is 0 Å². The van der Waals surface area contributed by atoms with Gasteiger partial charge in [-0.15, -0.1) is 0 Å². The lowest BCUT2D eigenvalue weighted by atomic mass is 10.1. The number of ether oxygens (including phenoxy) is 1. The predicted octanol–water partition coefficient (Wildman–Crippen LogP) is 4.17. The van der Waals surface area contributed by atoms with E-state index in [1.54, 1.807) is 18.3 Å². The van der Waals surface area contributed by atoms with Gasteiger partial charge in [-0.05, 0) is 59.1 Å². The maximum atomic E-state index is 12.4. The van der Waals surface area contributed by atoms with Crippen LogP contribution < -0.4 is 10.6 Å². The van der Waals surface area contributed by atoms with Gasteiger partial charge in [0.05, 0.1) is 5.56 Å². The summed E-state index contributed by atoms with van der Waals surface area (Å²) >= 11 is 0. The first-order valence-electron chi connectivity index (χ1n) is 8.94. The highest BCUT2D eigenvalue weighted by molar-refractivity contribution is 6.00. The molecule has 1 aromatic rings. The van der Waals surface area contributed by atoms with E-state index in [9.17, 15) is 9.59 Å². The number of carbonyl (C=O) groups excluding carboxylic acids is 2. The summed E-state index contributed by atoms with van der Waals surface area (Å²) in [6.45, 7) is 10.1. The van der Waals surface area contributed by atoms with E-state index in [4.69, 9.17) is 4.74 Å². The molecular weight excluding hydrogens is 318 g/mol. The minimum absolute atomic E-state index is 0.0659. The number of unbranched alkanes of at least 4 members (excludes halogenated alkanes) is 1. The maximum Gasteiger partial charge on any atom is 0.407 e. The van der Waals surface area contributed by atoms with Crippen LogP contribution in [0.3, 0.4) is 0 Å². The van der Waals surface area contributed by atoms with Gasteiger partial charge in [0.2, 0.25) is 0 Å². The highest BCUT2D eigenvalue weighted by Gasteiger charge is 2.16. The molecule has 6 nitrogen and oxygen atoms in total. The van der Waals surface area contributed by atoms with E-state index in [1.807, 2.05) is 20.8 Å². The smallest absolute Gasteiger partial charge is 0.407 e. The molecule has 0 spiro atoms. The van der Waals surface area contributed by atoms with Crippen LogP contribution in [0.1, 0.15) is 70.7 Å². The van der Waals surface area contributed by atoms with Gasteiger partial charge in [0.15, 0.2) is 5.78 Å². The molecule has 0 saturated heterocycles. The van der Waals surface area contributed by atoms with Gasteiger partial charge in [0, 0.05) is 25.2 Å². The van der Waals surface area contributed by atoms with Gasteiger partial charge in [-0.25, -0.2) is 9.78 Å². The average molecular weight is 349 g/mol. The number of Topliss-reactive ketones (excluding diaryl/α,β-unsaturated/α-hetero) is 1. The first kappa shape index (κ1) is 20.9. The molecular formula is C19H31N3O3. The average Bonchev–Trinajstić information content (AvgIpc) is 2.53. The number of pyridine rings is 1. The number of alkyl carbamates (subject to hydrolysis) is 1. The lowest BCUT2D eigenvalue weighted by Crippen LogP contribution is -2.33. The first-order chi connectivity index (χ1) is 11.7. The number of anilines is 1. The van der Waals surface area contributed by atoms with Crippen molar-refractivity contribution in [3.05, 3.63) is 23.9 Å². The molecule has 1 atom stereocenters. The fourth-order valence-electron chi connectivity index (χ4n) is 2.13. The molecule has 1 aromatic heterocycles. The van der Waals surface area contributed by atoms with Crippen molar-refractivity contribution in [3.63, 3.8) is 0 Å². The molecule has 1 unspecified atom stereocenters. The molecule has 1 amide bonds. The second-order valence-electron chi connectivity index (χ2n) is 7.16. The highest BCUT2D eigenvalue weighted by Crippen LogP contribution is 2.17. The molecule has 25 heavy (non-hydrogen) atoms. The zero-order chi connectivity index (χ0) is 18.9. The molecule has 1 rings (SSSR count). The lowest BCUT2D eigenvalue weighted by molar-refractivity contribution is 0.0527. The van der Waals surface area contributed by atoms with E-state index in [2.05, 4.69) is 29.5 Å². The molecule has 0 radical (unpaired) electrons. The van der Waals surface area contributed by atoms with Gasteiger partial charge in [-0.2, -0.15) is 0 Å². The second kappa shape index (κ2) is 10.0. The van der Waals surface area contributed by atoms with Crippen LogP contribution in [0.4, 0.5) is 10.6 Å². The van der Waals surface area contributed by atoms with Crippen molar-refractivity contribution < 1.29 is 14.3 Å². The van der Waals surface area contributed by atoms with Crippen molar-refractivity contribution in [3.8, 4) is 0 Å². The Bertz CT molecular complexity index is 567. The van der Waals surface area contributed by atoms with E-state index in [1.165, 1.54) is 0 Å². The molecule has 0 aliphatic rings. The zero-order valence-electron chi connectivity index (χ0n) is 16.0. The molecule has 6 heteroatoms. The SMILES string of the molecule is CCC(C)Nc1ncccc1C(=O)CCCCNC(=O)OC(C)(C)C. The minimum Gasteiger partial charge on any atom is -0.444 e. The molecule has 2 N–H and O–H groups in total. The molecule has 0 saturated carbocycles. The van der Waals surface area contributed by atoms with Crippen LogP contribution in [0.25, 0.3) is 0 Å². The number of nitrogens with zero attached hydrogens (tertiary/aromatic N) is 1. The Morgan fingerprint density at radius 3 is 2.64 bits per heavy atom. The fourth-order valence-corrected chi connectivity index (χ4v) is 2.13. The quantitative estimate of drug-likeness (QED) is 0.516. The van der Waals surface area contributed by atoms with Gasteiger partial charge >= 0.3 is 6.09 Å². The van der Waals surface area contributed by atoms with Crippen LogP contribution in [0.5, 0.6) is 0 Å². The van der Waals surface area contributed by atoms with E-state index in [-0.39, 0.29) is 11.8 Å². The third kappa shape index (κ3) is 8.52. The molecule has 0 aliphatic heterocycles. The molecule has 0 fully saturated rings. The lowest BCUT2D eigenvalue weighted by Gasteiger charge is -2.19. The standard InChI is InChI=1S/C19H31N3O3/c1-6-14(2)22-17-15(10-9-13-20-17)16(23)11-7-8-12-21-18(24)25-19(3,4)5/h9-10,13-14H,6-8,11-12H2,1-5H3,(H,20,22)(H,21,24). The molecule has 0 aliphatic carbocycles. The van der Waals surface area contributed by atoms with Crippen molar-refractivity contribution in [1.29, 1.82) is 0 Å². The minimum atomic E-state index is -0.501. The Balaban J connectivity index is 2.39. The van der Waals surface area contributed by atoms with Crippen molar-refractivity contribution in [2.75, 3.05) is 11.9 Å². The summed E-state index contributed by atoms with van der Waals surface area (Å²) in [7, 11) is 0. The summed E-state index contributed by atoms with van der Waals surface area (Å²) in [4.78, 5) is 28.2. The maximum absolute atomic E-state index is 12.4. The van der Waals surface area contributed by atoms with Crippen molar-refractivity contribution in [2.24, 2.45) is 0 Å². The number of amides is 1. The Morgan fingerprint density at radius 1 is 1.28 bits per heavy atom. The van der Waals surface area contributed by atoms with Gasteiger partial charge in [0.25, 0.3) is 0 Å².